The summed E-state index contributed by atoms with van der Waals surface area (Å²) in [5, 5.41) is 3.66. The lowest BCUT2D eigenvalue weighted by Gasteiger charge is -2.40. The fraction of sp³-hybridized carbons (Fsp3) is 0.867. The Labute approximate surface area is 106 Å². The second-order valence-electron chi connectivity index (χ2n) is 5.69. The highest BCUT2D eigenvalue weighted by atomic mass is 15.2. The van der Waals surface area contributed by atoms with Crippen molar-refractivity contribution >= 4 is 0 Å². The first-order valence-electron chi connectivity index (χ1n) is 7.15. The lowest BCUT2D eigenvalue weighted by Crippen LogP contribution is -2.47. The number of fused-ring (bicyclic) bond motifs is 2. The van der Waals surface area contributed by atoms with Gasteiger partial charge in [-0.25, -0.2) is 0 Å². The molecule has 0 aromatic heterocycles. The van der Waals surface area contributed by atoms with Crippen molar-refractivity contribution < 1.29 is 0 Å². The Bertz CT molecular complexity index is 267. The van der Waals surface area contributed by atoms with Crippen LogP contribution in [0.4, 0.5) is 0 Å². The van der Waals surface area contributed by atoms with E-state index in [0.717, 1.165) is 37.4 Å². The van der Waals surface area contributed by atoms with Crippen LogP contribution in [0.2, 0.25) is 0 Å². The molecule has 0 aromatic rings. The predicted octanol–water partition coefficient (Wildman–Crippen LogP) is 2.25. The van der Waals surface area contributed by atoms with Crippen molar-refractivity contribution in [2.45, 2.75) is 63.6 Å². The van der Waals surface area contributed by atoms with Crippen molar-refractivity contribution in [3.8, 4) is 12.3 Å². The van der Waals surface area contributed by atoms with Crippen molar-refractivity contribution in [3.05, 3.63) is 0 Å². The number of nitrogens with zero attached hydrogens (tertiary/aromatic N) is 1. The van der Waals surface area contributed by atoms with Crippen LogP contribution < -0.4 is 5.32 Å². The summed E-state index contributed by atoms with van der Waals surface area (Å²) in [6.45, 7) is 3.27. The van der Waals surface area contributed by atoms with E-state index in [1.807, 2.05) is 0 Å². The standard InChI is InChI=1S/C15H26N2/c1-4-6-7-15(16-5-2)12-10-13-8-9-14(11-12)17(13)3/h1,12-16H,5-11H2,2-3H3. The van der Waals surface area contributed by atoms with Gasteiger partial charge in [-0.1, -0.05) is 6.92 Å². The predicted molar refractivity (Wildman–Crippen MR) is 72.8 cm³/mol. The summed E-state index contributed by atoms with van der Waals surface area (Å²) in [6.07, 6.45) is 13.0. The van der Waals surface area contributed by atoms with Crippen molar-refractivity contribution in [1.29, 1.82) is 0 Å². The first-order chi connectivity index (χ1) is 8.26. The SMILES string of the molecule is C#CCCC(NCC)C1CC2CCC(C1)N2C. The van der Waals surface area contributed by atoms with Crippen LogP contribution in [0.3, 0.4) is 0 Å². The largest absolute Gasteiger partial charge is 0.314 e. The Morgan fingerprint density at radius 2 is 2.00 bits per heavy atom. The maximum Gasteiger partial charge on any atom is 0.0105 e. The van der Waals surface area contributed by atoms with Gasteiger partial charge in [0.15, 0.2) is 0 Å². The van der Waals surface area contributed by atoms with Crippen LogP contribution in [-0.2, 0) is 0 Å². The maximum atomic E-state index is 5.41. The third-order valence-corrected chi connectivity index (χ3v) is 4.77. The Hall–Kier alpha value is -0.520. The molecule has 0 spiro atoms. The molecule has 0 radical (unpaired) electrons. The number of rotatable bonds is 5. The molecule has 0 aromatic carbocycles. The van der Waals surface area contributed by atoms with Crippen molar-refractivity contribution in [2.75, 3.05) is 13.6 Å². The van der Waals surface area contributed by atoms with Crippen LogP contribution in [0, 0.1) is 18.3 Å². The van der Waals surface area contributed by atoms with Gasteiger partial charge in [0.25, 0.3) is 0 Å². The first-order valence-corrected chi connectivity index (χ1v) is 7.15. The molecule has 3 unspecified atom stereocenters. The molecule has 2 rings (SSSR count). The van der Waals surface area contributed by atoms with Crippen LogP contribution in [0.1, 0.15) is 45.4 Å². The molecule has 17 heavy (non-hydrogen) atoms. The van der Waals surface area contributed by atoms with E-state index in [1.165, 1.54) is 25.7 Å². The molecule has 96 valence electrons. The van der Waals surface area contributed by atoms with Gasteiger partial charge in [0, 0.05) is 24.5 Å². The average molecular weight is 234 g/mol. The van der Waals surface area contributed by atoms with Crippen LogP contribution in [0.5, 0.6) is 0 Å². The van der Waals surface area contributed by atoms with E-state index in [9.17, 15) is 0 Å². The number of piperidine rings is 1. The highest BCUT2D eigenvalue weighted by Gasteiger charge is 2.40. The monoisotopic (exact) mass is 234 g/mol. The van der Waals surface area contributed by atoms with E-state index in [1.54, 1.807) is 0 Å². The fourth-order valence-corrected chi connectivity index (χ4v) is 3.79. The Kier molecular flexibility index (Phi) is 4.48. The molecule has 2 saturated heterocycles. The third kappa shape index (κ3) is 2.84. The minimum Gasteiger partial charge on any atom is -0.314 e. The molecule has 2 bridgehead atoms. The van der Waals surface area contributed by atoms with Gasteiger partial charge in [0.05, 0.1) is 0 Å². The Balaban J connectivity index is 1.93. The summed E-state index contributed by atoms with van der Waals surface area (Å²) >= 11 is 0. The first kappa shape index (κ1) is 12.9. The smallest absolute Gasteiger partial charge is 0.0105 e. The summed E-state index contributed by atoms with van der Waals surface area (Å²) in [5.41, 5.74) is 0. The molecule has 0 amide bonds. The van der Waals surface area contributed by atoms with E-state index < -0.39 is 0 Å². The van der Waals surface area contributed by atoms with Gasteiger partial charge in [0.1, 0.15) is 0 Å². The van der Waals surface area contributed by atoms with E-state index in [0.29, 0.717) is 6.04 Å². The Morgan fingerprint density at radius 3 is 2.53 bits per heavy atom. The Morgan fingerprint density at radius 1 is 1.35 bits per heavy atom. The van der Waals surface area contributed by atoms with Gasteiger partial charge in [-0.15, -0.1) is 12.3 Å². The van der Waals surface area contributed by atoms with E-state index in [-0.39, 0.29) is 0 Å². The molecule has 0 aliphatic carbocycles. The molecule has 2 aliphatic heterocycles. The highest BCUT2D eigenvalue weighted by Crippen LogP contribution is 2.39. The zero-order valence-corrected chi connectivity index (χ0v) is 11.3. The van der Waals surface area contributed by atoms with Gasteiger partial charge in [-0.05, 0) is 51.6 Å². The molecule has 2 heterocycles. The molecule has 2 nitrogen and oxygen atoms in total. The lowest BCUT2D eigenvalue weighted by atomic mass is 9.83. The van der Waals surface area contributed by atoms with Crippen molar-refractivity contribution in [3.63, 3.8) is 0 Å². The van der Waals surface area contributed by atoms with Crippen LogP contribution in [0.15, 0.2) is 0 Å². The van der Waals surface area contributed by atoms with Crippen molar-refractivity contribution in [2.24, 2.45) is 5.92 Å². The molecule has 2 aliphatic rings. The summed E-state index contributed by atoms with van der Waals surface area (Å²) in [4.78, 5) is 2.61. The number of hydrogen-bond donors (Lipinski definition) is 1. The normalized spacial score (nSPS) is 34.5. The third-order valence-electron chi connectivity index (χ3n) is 4.77. The van der Waals surface area contributed by atoms with Gasteiger partial charge in [0.2, 0.25) is 0 Å². The number of hydrogen-bond acceptors (Lipinski definition) is 2. The minimum absolute atomic E-state index is 0.646. The van der Waals surface area contributed by atoms with E-state index >= 15 is 0 Å². The van der Waals surface area contributed by atoms with E-state index in [4.69, 9.17) is 6.42 Å². The molecule has 0 saturated carbocycles. The summed E-state index contributed by atoms with van der Waals surface area (Å²) in [7, 11) is 2.31. The molecule has 1 N–H and O–H groups in total. The average Bonchev–Trinajstić information content (AvgIpc) is 2.56. The van der Waals surface area contributed by atoms with Gasteiger partial charge < -0.3 is 10.2 Å². The van der Waals surface area contributed by atoms with Gasteiger partial charge in [-0.2, -0.15) is 0 Å². The lowest BCUT2D eigenvalue weighted by molar-refractivity contribution is 0.111. The molecular formula is C15H26N2. The number of terminal acetylenes is 1. The van der Waals surface area contributed by atoms with Crippen LogP contribution in [-0.4, -0.2) is 36.6 Å². The summed E-state index contributed by atoms with van der Waals surface area (Å²) < 4.78 is 0. The molecule has 2 fully saturated rings. The van der Waals surface area contributed by atoms with Crippen LogP contribution >= 0.6 is 0 Å². The van der Waals surface area contributed by atoms with Crippen LogP contribution in [0.25, 0.3) is 0 Å². The highest BCUT2D eigenvalue weighted by molar-refractivity contribution is 4.97. The second-order valence-corrected chi connectivity index (χ2v) is 5.69. The fourth-order valence-electron chi connectivity index (χ4n) is 3.79. The quantitative estimate of drug-likeness (QED) is 0.734. The summed E-state index contributed by atoms with van der Waals surface area (Å²) in [6, 6.07) is 2.32. The zero-order valence-electron chi connectivity index (χ0n) is 11.3. The number of nitrogens with one attached hydrogen (secondary N) is 1. The molecular weight excluding hydrogens is 208 g/mol. The maximum absolute atomic E-state index is 5.41. The van der Waals surface area contributed by atoms with Gasteiger partial charge in [-0.3, -0.25) is 0 Å². The van der Waals surface area contributed by atoms with Crippen molar-refractivity contribution in [1.82, 2.24) is 10.2 Å². The zero-order chi connectivity index (χ0) is 12.3. The molecule has 2 heteroatoms. The van der Waals surface area contributed by atoms with E-state index in [2.05, 4.69) is 30.1 Å². The second kappa shape index (κ2) is 5.89. The summed E-state index contributed by atoms with van der Waals surface area (Å²) in [5.74, 6) is 3.64. The minimum atomic E-state index is 0.646. The van der Waals surface area contributed by atoms with Gasteiger partial charge >= 0.3 is 0 Å². The molecule has 3 atom stereocenters. The topological polar surface area (TPSA) is 15.3 Å².